The molecule has 17 heavy (non-hydrogen) atoms. The molecule has 0 aliphatic carbocycles. The van der Waals surface area contributed by atoms with E-state index in [-0.39, 0.29) is 0 Å². The maximum absolute atomic E-state index is 5.68. The number of benzene rings is 1. The summed E-state index contributed by atoms with van der Waals surface area (Å²) in [6.45, 7) is 5.33. The zero-order chi connectivity index (χ0) is 11.9. The molecule has 0 spiro atoms. The summed E-state index contributed by atoms with van der Waals surface area (Å²) in [6.07, 6.45) is 4.84. The summed E-state index contributed by atoms with van der Waals surface area (Å²) in [5, 5.41) is 3.41. The molecule has 1 heterocycles. The lowest BCUT2D eigenvalue weighted by atomic mass is 9.90. The van der Waals surface area contributed by atoms with Crippen molar-refractivity contribution in [1.82, 2.24) is 5.32 Å². The Labute approximate surface area is 104 Å². The number of piperidine rings is 1. The van der Waals surface area contributed by atoms with Crippen LogP contribution in [-0.2, 0) is 0 Å². The topological polar surface area (TPSA) is 21.3 Å². The van der Waals surface area contributed by atoms with Gasteiger partial charge in [-0.2, -0.15) is 0 Å². The predicted octanol–water partition coefficient (Wildman–Crippen LogP) is 3.33. The van der Waals surface area contributed by atoms with Crippen LogP contribution < -0.4 is 10.1 Å². The largest absolute Gasteiger partial charge is 0.494 e. The zero-order valence-electron chi connectivity index (χ0n) is 10.7. The predicted molar refractivity (Wildman–Crippen MR) is 71.7 cm³/mol. The van der Waals surface area contributed by atoms with Crippen LogP contribution in [0.2, 0.25) is 0 Å². The first-order valence-corrected chi connectivity index (χ1v) is 6.83. The molecule has 1 fully saturated rings. The molecule has 0 amide bonds. The Kier molecular flexibility index (Phi) is 4.87. The van der Waals surface area contributed by atoms with E-state index in [2.05, 4.69) is 36.5 Å². The number of hydrogen-bond donors (Lipinski definition) is 1. The van der Waals surface area contributed by atoms with E-state index in [0.717, 1.165) is 37.8 Å². The molecule has 1 aliphatic heterocycles. The highest BCUT2D eigenvalue weighted by molar-refractivity contribution is 5.29. The maximum atomic E-state index is 5.68. The first-order valence-electron chi connectivity index (χ1n) is 6.83. The lowest BCUT2D eigenvalue weighted by molar-refractivity contribution is 0.309. The molecule has 0 unspecified atom stereocenters. The van der Waals surface area contributed by atoms with Gasteiger partial charge in [0.1, 0.15) is 5.75 Å². The minimum atomic E-state index is 0.737. The Morgan fingerprint density at radius 1 is 1.18 bits per heavy atom. The second kappa shape index (κ2) is 6.65. The van der Waals surface area contributed by atoms with Gasteiger partial charge in [-0.15, -0.1) is 0 Å². The second-order valence-electron chi connectivity index (χ2n) is 4.80. The van der Waals surface area contributed by atoms with Crippen LogP contribution in [0, 0.1) is 0 Å². The minimum absolute atomic E-state index is 0.737. The van der Waals surface area contributed by atoms with Crippen molar-refractivity contribution in [2.75, 3.05) is 19.7 Å². The third-order valence-corrected chi connectivity index (χ3v) is 3.46. The van der Waals surface area contributed by atoms with E-state index in [0.29, 0.717) is 0 Å². The fraction of sp³-hybridized carbons (Fsp3) is 0.600. The molecular formula is C15H23NO. The molecule has 0 atom stereocenters. The van der Waals surface area contributed by atoms with Gasteiger partial charge in [-0.25, -0.2) is 0 Å². The van der Waals surface area contributed by atoms with Crippen LogP contribution in [0.3, 0.4) is 0 Å². The Balaban J connectivity index is 1.88. The van der Waals surface area contributed by atoms with E-state index in [1.807, 2.05) is 0 Å². The molecule has 1 aliphatic rings. The number of hydrogen-bond acceptors (Lipinski definition) is 2. The van der Waals surface area contributed by atoms with Crippen LogP contribution in [0.15, 0.2) is 24.3 Å². The van der Waals surface area contributed by atoms with E-state index < -0.39 is 0 Å². The molecule has 1 aromatic carbocycles. The van der Waals surface area contributed by atoms with Crippen LogP contribution >= 0.6 is 0 Å². The van der Waals surface area contributed by atoms with E-state index in [1.165, 1.54) is 24.8 Å². The number of ether oxygens (including phenoxy) is 1. The fourth-order valence-electron chi connectivity index (χ4n) is 2.33. The van der Waals surface area contributed by atoms with Crippen molar-refractivity contribution in [2.24, 2.45) is 0 Å². The highest BCUT2D eigenvalue weighted by atomic mass is 16.5. The first-order chi connectivity index (χ1) is 8.40. The molecule has 2 heteroatoms. The zero-order valence-corrected chi connectivity index (χ0v) is 10.7. The van der Waals surface area contributed by atoms with Gasteiger partial charge in [-0.05, 0) is 56.0 Å². The monoisotopic (exact) mass is 233 g/mol. The van der Waals surface area contributed by atoms with Gasteiger partial charge in [0, 0.05) is 0 Å². The lowest BCUT2D eigenvalue weighted by Crippen LogP contribution is -2.26. The average molecular weight is 233 g/mol. The molecule has 2 rings (SSSR count). The molecular weight excluding hydrogens is 210 g/mol. The van der Waals surface area contributed by atoms with Crippen LogP contribution in [0.25, 0.3) is 0 Å². The molecule has 0 radical (unpaired) electrons. The second-order valence-corrected chi connectivity index (χ2v) is 4.80. The van der Waals surface area contributed by atoms with Gasteiger partial charge in [0.15, 0.2) is 0 Å². The van der Waals surface area contributed by atoms with Gasteiger partial charge in [0.05, 0.1) is 6.61 Å². The van der Waals surface area contributed by atoms with Gasteiger partial charge in [0.25, 0.3) is 0 Å². The van der Waals surface area contributed by atoms with E-state index >= 15 is 0 Å². The van der Waals surface area contributed by atoms with Crippen molar-refractivity contribution in [3.8, 4) is 5.75 Å². The summed E-state index contributed by atoms with van der Waals surface area (Å²) < 4.78 is 5.68. The number of nitrogens with one attached hydrogen (secondary N) is 1. The van der Waals surface area contributed by atoms with Crippen LogP contribution in [0.4, 0.5) is 0 Å². The van der Waals surface area contributed by atoms with Crippen molar-refractivity contribution in [3.05, 3.63) is 29.8 Å². The lowest BCUT2D eigenvalue weighted by Gasteiger charge is -2.23. The maximum Gasteiger partial charge on any atom is 0.119 e. The third kappa shape index (κ3) is 3.74. The Morgan fingerprint density at radius 2 is 1.88 bits per heavy atom. The molecule has 1 N–H and O–H groups in total. The van der Waals surface area contributed by atoms with Gasteiger partial charge >= 0.3 is 0 Å². The Bertz CT molecular complexity index is 314. The first kappa shape index (κ1) is 12.4. The molecule has 0 aromatic heterocycles. The number of rotatable bonds is 5. The van der Waals surface area contributed by atoms with Crippen molar-refractivity contribution >= 4 is 0 Å². The van der Waals surface area contributed by atoms with Crippen LogP contribution in [0.1, 0.15) is 44.1 Å². The summed E-state index contributed by atoms with van der Waals surface area (Å²) in [5.74, 6) is 1.75. The average Bonchev–Trinajstić information content (AvgIpc) is 2.41. The van der Waals surface area contributed by atoms with Crippen molar-refractivity contribution < 1.29 is 4.74 Å². The number of unbranched alkanes of at least 4 members (excludes halogenated alkanes) is 1. The third-order valence-electron chi connectivity index (χ3n) is 3.46. The van der Waals surface area contributed by atoms with Crippen molar-refractivity contribution in [1.29, 1.82) is 0 Å². The molecule has 94 valence electrons. The standard InChI is InChI=1S/C15H23NO/c1-2-3-12-17-15-6-4-13(5-7-15)14-8-10-16-11-9-14/h4-7,14,16H,2-3,8-12H2,1H3. The van der Waals surface area contributed by atoms with Gasteiger partial charge in [-0.3, -0.25) is 0 Å². The summed E-state index contributed by atoms with van der Waals surface area (Å²) in [4.78, 5) is 0. The summed E-state index contributed by atoms with van der Waals surface area (Å²) in [7, 11) is 0. The minimum Gasteiger partial charge on any atom is -0.494 e. The molecule has 1 aromatic rings. The van der Waals surface area contributed by atoms with Gasteiger partial charge in [-0.1, -0.05) is 25.5 Å². The normalized spacial score (nSPS) is 17.0. The smallest absolute Gasteiger partial charge is 0.119 e. The fourth-order valence-corrected chi connectivity index (χ4v) is 2.33. The van der Waals surface area contributed by atoms with Gasteiger partial charge in [0.2, 0.25) is 0 Å². The van der Waals surface area contributed by atoms with E-state index in [4.69, 9.17) is 4.74 Å². The van der Waals surface area contributed by atoms with Crippen LogP contribution in [0.5, 0.6) is 5.75 Å². The Morgan fingerprint density at radius 3 is 2.53 bits per heavy atom. The SMILES string of the molecule is CCCCOc1ccc(C2CCNCC2)cc1. The molecule has 2 nitrogen and oxygen atoms in total. The van der Waals surface area contributed by atoms with E-state index in [1.54, 1.807) is 0 Å². The quantitative estimate of drug-likeness (QED) is 0.788. The van der Waals surface area contributed by atoms with Gasteiger partial charge < -0.3 is 10.1 Å². The summed E-state index contributed by atoms with van der Waals surface area (Å²) in [6, 6.07) is 8.70. The highest BCUT2D eigenvalue weighted by Gasteiger charge is 2.14. The van der Waals surface area contributed by atoms with Crippen molar-refractivity contribution in [3.63, 3.8) is 0 Å². The molecule has 0 saturated carbocycles. The molecule has 0 bridgehead atoms. The Hall–Kier alpha value is -1.02. The highest BCUT2D eigenvalue weighted by Crippen LogP contribution is 2.26. The molecule has 1 saturated heterocycles. The van der Waals surface area contributed by atoms with Crippen molar-refractivity contribution in [2.45, 2.75) is 38.5 Å². The summed E-state index contributed by atoms with van der Waals surface area (Å²) in [5.41, 5.74) is 1.47. The van der Waals surface area contributed by atoms with E-state index in [9.17, 15) is 0 Å². The summed E-state index contributed by atoms with van der Waals surface area (Å²) >= 11 is 0. The van der Waals surface area contributed by atoms with Crippen LogP contribution in [-0.4, -0.2) is 19.7 Å².